The monoisotopic (exact) mass is 372 g/mol. The van der Waals surface area contributed by atoms with Gasteiger partial charge in [-0.2, -0.15) is 11.8 Å². The molecular weight excluding hydrogens is 344 g/mol. The summed E-state index contributed by atoms with van der Waals surface area (Å²) < 4.78 is 4.72. The van der Waals surface area contributed by atoms with Crippen LogP contribution in [0.1, 0.15) is 44.9 Å². The van der Waals surface area contributed by atoms with E-state index in [1.807, 2.05) is 0 Å². The van der Waals surface area contributed by atoms with E-state index in [2.05, 4.69) is 0 Å². The third-order valence-corrected chi connectivity index (χ3v) is 6.95. The lowest BCUT2D eigenvalue weighted by Gasteiger charge is -2.30. The first-order valence-electron chi connectivity index (χ1n) is 8.80. The highest BCUT2D eigenvalue weighted by Crippen LogP contribution is 2.47. The van der Waals surface area contributed by atoms with Gasteiger partial charge in [0.2, 0.25) is 0 Å². The van der Waals surface area contributed by atoms with E-state index in [1.165, 1.54) is 45.6 Å². The molecule has 8 heteroatoms. The summed E-state index contributed by atoms with van der Waals surface area (Å²) in [6.45, 7) is 0. The molecule has 0 aromatic carbocycles. The van der Waals surface area contributed by atoms with Crippen molar-refractivity contribution in [3.05, 3.63) is 0 Å². The SMILES string of the molecule is COC(=O)[C@@](N)(CSC(C1CCCC1)C1CC1)C(=O)[C@@H](N)CC(=O)O. The number of ether oxygens (including phenoxy) is 1. The molecule has 1 unspecified atom stereocenters. The Labute approximate surface area is 152 Å². The molecule has 2 aliphatic carbocycles. The lowest BCUT2D eigenvalue weighted by atomic mass is 9.91. The molecule has 2 rings (SSSR count). The number of ketones is 1. The Bertz CT molecular complexity index is 519. The van der Waals surface area contributed by atoms with Gasteiger partial charge in [0, 0.05) is 11.0 Å². The number of methoxy groups -OCH3 is 1. The number of carbonyl (C=O) groups is 3. The van der Waals surface area contributed by atoms with Crippen LogP contribution in [0.4, 0.5) is 0 Å². The van der Waals surface area contributed by atoms with Gasteiger partial charge in [-0.3, -0.25) is 9.59 Å². The number of esters is 1. The van der Waals surface area contributed by atoms with E-state index >= 15 is 0 Å². The van der Waals surface area contributed by atoms with Crippen molar-refractivity contribution in [3.8, 4) is 0 Å². The molecule has 0 aromatic heterocycles. The summed E-state index contributed by atoms with van der Waals surface area (Å²) in [6.07, 6.45) is 6.59. The van der Waals surface area contributed by atoms with Crippen molar-refractivity contribution in [2.45, 2.75) is 61.8 Å². The fourth-order valence-corrected chi connectivity index (χ4v) is 5.42. The average molecular weight is 372 g/mol. The van der Waals surface area contributed by atoms with E-state index in [-0.39, 0.29) is 5.75 Å². The second-order valence-corrected chi connectivity index (χ2v) is 8.36. The Morgan fingerprint density at radius 2 is 1.76 bits per heavy atom. The lowest BCUT2D eigenvalue weighted by molar-refractivity contribution is -0.151. The molecular formula is C17H28N2O5S. The highest BCUT2D eigenvalue weighted by Gasteiger charge is 2.48. The summed E-state index contributed by atoms with van der Waals surface area (Å²) in [5.41, 5.74) is 9.89. The second kappa shape index (κ2) is 8.51. The molecule has 5 N–H and O–H groups in total. The van der Waals surface area contributed by atoms with Crippen LogP contribution in [0.2, 0.25) is 0 Å². The molecule has 2 fully saturated rings. The van der Waals surface area contributed by atoms with Crippen LogP contribution in [0.3, 0.4) is 0 Å². The molecule has 0 radical (unpaired) electrons. The maximum atomic E-state index is 12.6. The van der Waals surface area contributed by atoms with Crippen LogP contribution in [0, 0.1) is 11.8 Å². The zero-order valence-electron chi connectivity index (χ0n) is 14.6. The van der Waals surface area contributed by atoms with Crippen LogP contribution >= 0.6 is 11.8 Å². The first-order valence-corrected chi connectivity index (χ1v) is 9.85. The summed E-state index contributed by atoms with van der Waals surface area (Å²) in [6, 6.07) is -1.33. The standard InChI is InChI=1S/C17H28N2O5S/c1-24-16(23)17(19,15(22)12(18)8-13(20)21)9-25-14(11-6-7-11)10-4-2-3-5-10/h10-12,14H,2-9,18-19H2,1H3,(H,20,21)/t12-,14?,17+/m0/s1. The number of carbonyl (C=O) groups excluding carboxylic acids is 2. The Morgan fingerprint density at radius 3 is 2.24 bits per heavy atom. The van der Waals surface area contributed by atoms with Crippen LogP contribution in [0.5, 0.6) is 0 Å². The summed E-state index contributed by atoms with van der Waals surface area (Å²) >= 11 is 1.56. The minimum Gasteiger partial charge on any atom is -0.481 e. The van der Waals surface area contributed by atoms with E-state index in [1.54, 1.807) is 11.8 Å². The first kappa shape index (κ1) is 20.2. The Hall–Kier alpha value is -1.12. The Balaban J connectivity index is 2.08. The van der Waals surface area contributed by atoms with Crippen LogP contribution in [-0.4, -0.2) is 52.5 Å². The van der Waals surface area contributed by atoms with Crippen molar-refractivity contribution in [1.82, 2.24) is 0 Å². The highest BCUT2D eigenvalue weighted by atomic mass is 32.2. The number of nitrogens with two attached hydrogens (primary N) is 2. The molecule has 2 saturated carbocycles. The molecule has 7 nitrogen and oxygen atoms in total. The van der Waals surface area contributed by atoms with Gasteiger partial charge in [-0.15, -0.1) is 0 Å². The van der Waals surface area contributed by atoms with Crippen LogP contribution in [-0.2, 0) is 19.1 Å². The predicted octanol–water partition coefficient (Wildman–Crippen LogP) is 0.930. The van der Waals surface area contributed by atoms with Gasteiger partial charge in [0.25, 0.3) is 0 Å². The number of hydrogen-bond acceptors (Lipinski definition) is 7. The smallest absolute Gasteiger partial charge is 0.334 e. The predicted molar refractivity (Wildman–Crippen MR) is 95.1 cm³/mol. The number of Topliss-reactive ketones (excluding diaryl/α,β-unsaturated/α-hetero) is 1. The van der Waals surface area contributed by atoms with Crippen molar-refractivity contribution in [3.63, 3.8) is 0 Å². The molecule has 2 aliphatic rings. The van der Waals surface area contributed by atoms with Gasteiger partial charge < -0.3 is 21.3 Å². The second-order valence-electron chi connectivity index (χ2n) is 7.19. The van der Waals surface area contributed by atoms with E-state index < -0.39 is 35.7 Å². The zero-order chi connectivity index (χ0) is 18.6. The first-order chi connectivity index (χ1) is 11.8. The number of carboxylic acids is 1. The van der Waals surface area contributed by atoms with Gasteiger partial charge in [0.05, 0.1) is 19.6 Å². The molecule has 0 bridgehead atoms. The van der Waals surface area contributed by atoms with E-state index in [9.17, 15) is 14.4 Å². The molecule has 0 amide bonds. The molecule has 142 valence electrons. The Morgan fingerprint density at radius 1 is 1.20 bits per heavy atom. The number of carboxylic acid groups (broad SMARTS) is 1. The molecule has 0 saturated heterocycles. The van der Waals surface area contributed by atoms with Crippen molar-refractivity contribution < 1.29 is 24.2 Å². The third-order valence-electron chi connectivity index (χ3n) is 5.18. The van der Waals surface area contributed by atoms with E-state index in [0.717, 1.165) is 0 Å². The Kier molecular flexibility index (Phi) is 6.87. The minimum atomic E-state index is -1.90. The number of aliphatic carboxylic acids is 1. The van der Waals surface area contributed by atoms with Crippen molar-refractivity contribution in [2.24, 2.45) is 23.3 Å². The maximum absolute atomic E-state index is 12.6. The van der Waals surface area contributed by atoms with E-state index in [4.69, 9.17) is 21.3 Å². The van der Waals surface area contributed by atoms with Gasteiger partial charge >= 0.3 is 11.9 Å². The molecule has 0 aromatic rings. The van der Waals surface area contributed by atoms with Gasteiger partial charge in [-0.25, -0.2) is 4.79 Å². The molecule has 0 spiro atoms. The number of rotatable bonds is 10. The molecule has 0 heterocycles. The van der Waals surface area contributed by atoms with Crippen molar-refractivity contribution in [1.29, 1.82) is 0 Å². The van der Waals surface area contributed by atoms with E-state index in [0.29, 0.717) is 17.1 Å². The summed E-state index contributed by atoms with van der Waals surface area (Å²) in [7, 11) is 1.17. The summed E-state index contributed by atoms with van der Waals surface area (Å²) in [4.78, 5) is 35.6. The largest absolute Gasteiger partial charge is 0.481 e. The summed E-state index contributed by atoms with van der Waals surface area (Å²) in [5.74, 6) is -1.53. The van der Waals surface area contributed by atoms with Crippen LogP contribution < -0.4 is 11.5 Å². The quantitative estimate of drug-likeness (QED) is 0.381. The van der Waals surface area contributed by atoms with Crippen LogP contribution in [0.15, 0.2) is 0 Å². The highest BCUT2D eigenvalue weighted by molar-refractivity contribution is 8.00. The topological polar surface area (TPSA) is 133 Å². The molecule has 3 atom stereocenters. The molecule has 0 aliphatic heterocycles. The summed E-state index contributed by atoms with van der Waals surface area (Å²) in [5, 5.41) is 9.23. The third kappa shape index (κ3) is 4.95. The minimum absolute atomic E-state index is 0.0729. The fraction of sp³-hybridized carbons (Fsp3) is 0.824. The average Bonchev–Trinajstić information content (AvgIpc) is 3.26. The fourth-order valence-electron chi connectivity index (χ4n) is 3.62. The van der Waals surface area contributed by atoms with Gasteiger partial charge in [0.15, 0.2) is 11.3 Å². The van der Waals surface area contributed by atoms with Crippen LogP contribution in [0.25, 0.3) is 0 Å². The van der Waals surface area contributed by atoms with Gasteiger partial charge in [-0.1, -0.05) is 12.8 Å². The van der Waals surface area contributed by atoms with Crippen molar-refractivity contribution in [2.75, 3.05) is 12.9 Å². The number of thioether (sulfide) groups is 1. The number of hydrogen-bond donors (Lipinski definition) is 3. The lowest BCUT2D eigenvalue weighted by Crippen LogP contribution is -2.63. The molecule has 25 heavy (non-hydrogen) atoms. The van der Waals surface area contributed by atoms with Gasteiger partial charge in [0.1, 0.15) is 0 Å². The maximum Gasteiger partial charge on any atom is 0.334 e. The zero-order valence-corrected chi connectivity index (χ0v) is 15.4. The van der Waals surface area contributed by atoms with Gasteiger partial charge in [-0.05, 0) is 37.5 Å². The normalized spacial score (nSPS) is 22.8. The van der Waals surface area contributed by atoms with Crippen molar-refractivity contribution >= 4 is 29.5 Å².